The second-order valence-corrected chi connectivity index (χ2v) is 6.10. The molecule has 1 saturated heterocycles. The molecule has 7 nitrogen and oxygen atoms in total. The number of aromatic carboxylic acids is 1. The van der Waals surface area contributed by atoms with Crippen molar-refractivity contribution in [3.8, 4) is 17.1 Å². The van der Waals surface area contributed by atoms with Gasteiger partial charge < -0.3 is 19.3 Å². The van der Waals surface area contributed by atoms with E-state index < -0.39 is 5.97 Å². The first-order valence-corrected chi connectivity index (χ1v) is 8.20. The molecule has 4 rings (SSSR count). The molecule has 7 heteroatoms. The van der Waals surface area contributed by atoms with Crippen molar-refractivity contribution in [3.63, 3.8) is 0 Å². The molecule has 3 aromatic rings. The summed E-state index contributed by atoms with van der Waals surface area (Å²) in [4.78, 5) is 18.1. The first kappa shape index (κ1) is 16.1. The Hall–Kier alpha value is -3.35. The molecule has 0 atom stereocenters. The van der Waals surface area contributed by atoms with Gasteiger partial charge in [-0.05, 0) is 36.4 Å². The average molecular weight is 351 g/mol. The number of anilines is 1. The number of methoxy groups -OCH3 is 1. The van der Waals surface area contributed by atoms with Crippen LogP contribution in [0.1, 0.15) is 22.0 Å². The maximum absolute atomic E-state index is 11.8. The number of hydrogen-bond donors (Lipinski definition) is 1. The number of hydrogen-bond acceptors (Lipinski definition) is 6. The lowest BCUT2D eigenvalue weighted by Gasteiger charge is -2.39. The smallest absolute Gasteiger partial charge is 0.343 e. The summed E-state index contributed by atoms with van der Waals surface area (Å²) in [6.07, 6.45) is 1.76. The molecule has 3 heterocycles. The highest BCUT2D eigenvalue weighted by Gasteiger charge is 2.36. The number of pyridine rings is 1. The van der Waals surface area contributed by atoms with Gasteiger partial charge in [-0.3, -0.25) is 4.98 Å². The SMILES string of the molecule is COc1ccc(-c2onc(N3CC(c4ccccn4)C3)c2C(=O)O)cc1. The van der Waals surface area contributed by atoms with Crippen molar-refractivity contribution in [1.82, 2.24) is 10.1 Å². The molecule has 0 bridgehead atoms. The molecule has 132 valence electrons. The minimum atomic E-state index is -1.06. The van der Waals surface area contributed by atoms with Gasteiger partial charge in [0.15, 0.2) is 17.1 Å². The van der Waals surface area contributed by atoms with Crippen LogP contribution < -0.4 is 9.64 Å². The van der Waals surface area contributed by atoms with Crippen LogP contribution in [0.15, 0.2) is 53.2 Å². The first-order chi connectivity index (χ1) is 12.7. The fraction of sp³-hybridized carbons (Fsp3) is 0.211. The number of ether oxygens (including phenoxy) is 1. The summed E-state index contributed by atoms with van der Waals surface area (Å²) < 4.78 is 10.5. The summed E-state index contributed by atoms with van der Waals surface area (Å²) in [5, 5.41) is 13.7. The molecular formula is C19H17N3O4. The van der Waals surface area contributed by atoms with E-state index in [9.17, 15) is 9.90 Å². The van der Waals surface area contributed by atoms with Crippen molar-refractivity contribution in [1.29, 1.82) is 0 Å². The van der Waals surface area contributed by atoms with Crippen LogP contribution in [-0.2, 0) is 0 Å². The third-order valence-electron chi connectivity index (χ3n) is 4.53. The van der Waals surface area contributed by atoms with Gasteiger partial charge in [-0.1, -0.05) is 11.2 Å². The Morgan fingerprint density at radius 1 is 1.23 bits per heavy atom. The Morgan fingerprint density at radius 3 is 2.62 bits per heavy atom. The van der Waals surface area contributed by atoms with Crippen LogP contribution in [0.25, 0.3) is 11.3 Å². The van der Waals surface area contributed by atoms with Crippen LogP contribution in [0.4, 0.5) is 5.82 Å². The topological polar surface area (TPSA) is 88.7 Å². The molecule has 0 unspecified atom stereocenters. The minimum Gasteiger partial charge on any atom is -0.497 e. The normalized spacial score (nSPS) is 14.1. The van der Waals surface area contributed by atoms with Crippen LogP contribution in [0, 0.1) is 0 Å². The summed E-state index contributed by atoms with van der Waals surface area (Å²) in [7, 11) is 1.58. The lowest BCUT2D eigenvalue weighted by atomic mass is 9.95. The Bertz CT molecular complexity index is 916. The van der Waals surface area contributed by atoms with Crippen molar-refractivity contribution >= 4 is 11.8 Å². The fourth-order valence-electron chi connectivity index (χ4n) is 3.09. The summed E-state index contributed by atoms with van der Waals surface area (Å²) in [6.45, 7) is 1.32. The van der Waals surface area contributed by atoms with Crippen LogP contribution in [0.3, 0.4) is 0 Å². The first-order valence-electron chi connectivity index (χ1n) is 8.20. The third-order valence-corrected chi connectivity index (χ3v) is 4.53. The highest BCUT2D eigenvalue weighted by atomic mass is 16.5. The van der Waals surface area contributed by atoms with E-state index in [0.29, 0.717) is 30.2 Å². The van der Waals surface area contributed by atoms with Gasteiger partial charge in [-0.2, -0.15) is 0 Å². The van der Waals surface area contributed by atoms with E-state index in [-0.39, 0.29) is 17.2 Å². The van der Waals surface area contributed by atoms with Gasteiger partial charge in [0.05, 0.1) is 7.11 Å². The van der Waals surface area contributed by atoms with Crippen LogP contribution in [0.5, 0.6) is 5.75 Å². The summed E-state index contributed by atoms with van der Waals surface area (Å²) >= 11 is 0. The number of rotatable bonds is 5. The van der Waals surface area contributed by atoms with Crippen LogP contribution in [-0.4, -0.2) is 41.4 Å². The maximum Gasteiger partial charge on any atom is 0.343 e. The largest absolute Gasteiger partial charge is 0.497 e. The van der Waals surface area contributed by atoms with Gasteiger partial charge in [-0.25, -0.2) is 4.79 Å². The zero-order valence-electron chi connectivity index (χ0n) is 14.1. The Balaban J connectivity index is 1.60. The lowest BCUT2D eigenvalue weighted by Crippen LogP contribution is -2.46. The second kappa shape index (κ2) is 6.51. The van der Waals surface area contributed by atoms with E-state index in [2.05, 4.69) is 10.1 Å². The van der Waals surface area contributed by atoms with Gasteiger partial charge in [0.1, 0.15) is 5.75 Å². The summed E-state index contributed by atoms with van der Waals surface area (Å²) in [5.41, 5.74) is 1.72. The number of nitrogens with zero attached hydrogens (tertiary/aromatic N) is 3. The van der Waals surface area contributed by atoms with Crippen molar-refractivity contribution in [2.75, 3.05) is 25.1 Å². The van der Waals surface area contributed by atoms with E-state index in [4.69, 9.17) is 9.26 Å². The van der Waals surface area contributed by atoms with Gasteiger partial charge in [-0.15, -0.1) is 0 Å². The molecular weight excluding hydrogens is 334 g/mol. The number of carboxylic acids is 1. The Labute approximate surface area is 149 Å². The van der Waals surface area contributed by atoms with Gasteiger partial charge in [0.2, 0.25) is 0 Å². The number of carbonyl (C=O) groups is 1. The molecule has 1 fully saturated rings. The van der Waals surface area contributed by atoms with E-state index in [1.165, 1.54) is 0 Å². The molecule has 26 heavy (non-hydrogen) atoms. The zero-order chi connectivity index (χ0) is 18.1. The quantitative estimate of drug-likeness (QED) is 0.756. The lowest BCUT2D eigenvalue weighted by molar-refractivity contribution is 0.0697. The molecule has 1 aliphatic rings. The highest BCUT2D eigenvalue weighted by molar-refractivity contribution is 5.99. The third kappa shape index (κ3) is 2.77. The van der Waals surface area contributed by atoms with Crippen LogP contribution >= 0.6 is 0 Å². The minimum absolute atomic E-state index is 0.0784. The second-order valence-electron chi connectivity index (χ2n) is 6.10. The molecule has 1 aromatic carbocycles. The van der Waals surface area contributed by atoms with Gasteiger partial charge in [0, 0.05) is 36.5 Å². The predicted octanol–water partition coefficient (Wildman–Crippen LogP) is 3.05. The van der Waals surface area contributed by atoms with E-state index in [0.717, 1.165) is 5.69 Å². The molecule has 0 spiro atoms. The van der Waals surface area contributed by atoms with E-state index in [1.54, 1.807) is 37.6 Å². The molecule has 0 saturated carbocycles. The molecule has 0 aliphatic carbocycles. The van der Waals surface area contributed by atoms with Crippen molar-refractivity contribution < 1.29 is 19.2 Å². The maximum atomic E-state index is 11.8. The van der Waals surface area contributed by atoms with Crippen molar-refractivity contribution in [2.24, 2.45) is 0 Å². The number of aromatic nitrogens is 2. The molecule has 2 aromatic heterocycles. The summed E-state index contributed by atoms with van der Waals surface area (Å²) in [6, 6.07) is 12.8. The van der Waals surface area contributed by atoms with E-state index >= 15 is 0 Å². The van der Waals surface area contributed by atoms with Crippen LogP contribution in [0.2, 0.25) is 0 Å². The Morgan fingerprint density at radius 2 is 2.00 bits per heavy atom. The molecule has 0 amide bonds. The molecule has 1 aliphatic heterocycles. The number of carboxylic acid groups (broad SMARTS) is 1. The van der Waals surface area contributed by atoms with Gasteiger partial charge >= 0.3 is 5.97 Å². The number of benzene rings is 1. The van der Waals surface area contributed by atoms with E-state index in [1.807, 2.05) is 23.1 Å². The molecule has 1 N–H and O–H groups in total. The predicted molar refractivity (Wildman–Crippen MR) is 94.6 cm³/mol. The van der Waals surface area contributed by atoms with Crippen molar-refractivity contribution in [2.45, 2.75) is 5.92 Å². The Kier molecular flexibility index (Phi) is 4.04. The monoisotopic (exact) mass is 351 g/mol. The zero-order valence-corrected chi connectivity index (χ0v) is 14.1. The fourth-order valence-corrected chi connectivity index (χ4v) is 3.09. The highest BCUT2D eigenvalue weighted by Crippen LogP contribution is 2.37. The standard InChI is InChI=1S/C19H17N3O4/c1-25-14-7-5-12(6-8-14)17-16(19(23)24)18(21-26-17)22-10-13(11-22)15-4-2-3-9-20-15/h2-9,13H,10-11H2,1H3,(H,23,24). The van der Waals surface area contributed by atoms with Gasteiger partial charge in [0.25, 0.3) is 0 Å². The van der Waals surface area contributed by atoms with Crippen molar-refractivity contribution in [3.05, 3.63) is 59.9 Å². The molecule has 0 radical (unpaired) electrons. The summed E-state index contributed by atoms with van der Waals surface area (Å²) in [5.74, 6) is 0.491. The average Bonchev–Trinajstić information content (AvgIpc) is 3.06.